The largest absolute Gasteiger partial charge is 0.480 e. The third-order valence-electron chi connectivity index (χ3n) is 6.04. The van der Waals surface area contributed by atoms with E-state index >= 15 is 0 Å². The Labute approximate surface area is 220 Å². The van der Waals surface area contributed by atoms with E-state index in [1.807, 2.05) is 0 Å². The van der Waals surface area contributed by atoms with Gasteiger partial charge in [-0.1, -0.05) is 30.3 Å². The van der Waals surface area contributed by atoms with Gasteiger partial charge in [-0.05, 0) is 17.2 Å². The number of aliphatic carboxylic acids is 3. The molecule has 3 unspecified atom stereocenters. The molecular formula is C24H22ClN5O8. The SMILES string of the molecule is C#CC1CC(n2cnc3c(NCC(=O)O)nc(Cl)nc32)OC1COC(Cc1ccccc1)(C(=O)O)C(=O)O. The quantitative estimate of drug-likeness (QED) is 0.156. The maximum Gasteiger partial charge on any atom is 0.348 e. The number of carboxylic acid groups (broad SMARTS) is 3. The van der Waals surface area contributed by atoms with E-state index in [0.29, 0.717) is 5.56 Å². The third-order valence-corrected chi connectivity index (χ3v) is 6.21. The van der Waals surface area contributed by atoms with Crippen molar-refractivity contribution in [3.63, 3.8) is 0 Å². The van der Waals surface area contributed by atoms with Crippen LogP contribution in [0.3, 0.4) is 0 Å². The zero-order valence-electron chi connectivity index (χ0n) is 19.7. The summed E-state index contributed by atoms with van der Waals surface area (Å²) in [5, 5.41) is 31.1. The molecule has 2 aromatic heterocycles. The molecule has 1 aliphatic heterocycles. The number of imidazole rings is 1. The first-order valence-corrected chi connectivity index (χ1v) is 11.6. The second-order valence-electron chi connectivity index (χ2n) is 8.46. The highest BCUT2D eigenvalue weighted by molar-refractivity contribution is 6.28. The molecular weight excluding hydrogens is 522 g/mol. The summed E-state index contributed by atoms with van der Waals surface area (Å²) in [7, 11) is 0. The van der Waals surface area contributed by atoms with Crippen LogP contribution in [0.25, 0.3) is 11.2 Å². The Bertz CT molecular complexity index is 1390. The number of carbonyl (C=O) groups is 3. The molecule has 0 amide bonds. The van der Waals surface area contributed by atoms with E-state index in [1.54, 1.807) is 30.3 Å². The maximum atomic E-state index is 12.1. The number of ether oxygens (including phenoxy) is 2. The van der Waals surface area contributed by atoms with Crippen LogP contribution in [0, 0.1) is 18.3 Å². The highest BCUT2D eigenvalue weighted by atomic mass is 35.5. The molecule has 1 aliphatic rings. The van der Waals surface area contributed by atoms with E-state index in [9.17, 15) is 24.6 Å². The van der Waals surface area contributed by atoms with Gasteiger partial charge in [-0.15, -0.1) is 12.3 Å². The lowest BCUT2D eigenvalue weighted by atomic mass is 9.94. The van der Waals surface area contributed by atoms with Gasteiger partial charge in [0.1, 0.15) is 12.8 Å². The van der Waals surface area contributed by atoms with E-state index in [0.717, 1.165) is 0 Å². The molecule has 0 bridgehead atoms. The van der Waals surface area contributed by atoms with Crippen molar-refractivity contribution in [1.29, 1.82) is 0 Å². The molecule has 0 spiro atoms. The van der Waals surface area contributed by atoms with Crippen molar-refractivity contribution in [3.05, 3.63) is 47.5 Å². The molecule has 3 atom stereocenters. The zero-order chi connectivity index (χ0) is 27.4. The van der Waals surface area contributed by atoms with Gasteiger partial charge in [-0.25, -0.2) is 14.6 Å². The number of carboxylic acids is 3. The maximum absolute atomic E-state index is 12.1. The Morgan fingerprint density at radius 3 is 2.55 bits per heavy atom. The zero-order valence-corrected chi connectivity index (χ0v) is 20.4. The number of fused-ring (bicyclic) bond motifs is 1. The van der Waals surface area contributed by atoms with Crippen LogP contribution >= 0.6 is 11.6 Å². The van der Waals surface area contributed by atoms with Crippen LogP contribution in [0.15, 0.2) is 36.7 Å². The van der Waals surface area contributed by atoms with Crippen molar-refractivity contribution in [2.24, 2.45) is 5.92 Å². The second kappa shape index (κ2) is 11.0. The molecule has 0 aliphatic carbocycles. The van der Waals surface area contributed by atoms with Gasteiger partial charge in [-0.2, -0.15) is 9.97 Å². The van der Waals surface area contributed by atoms with Gasteiger partial charge in [-0.3, -0.25) is 9.36 Å². The first kappa shape index (κ1) is 26.8. The Morgan fingerprint density at radius 1 is 1.21 bits per heavy atom. The van der Waals surface area contributed by atoms with Gasteiger partial charge < -0.3 is 30.1 Å². The van der Waals surface area contributed by atoms with Crippen LogP contribution in [0.1, 0.15) is 18.2 Å². The average molecular weight is 544 g/mol. The van der Waals surface area contributed by atoms with Crippen LogP contribution < -0.4 is 5.32 Å². The van der Waals surface area contributed by atoms with E-state index < -0.39 is 61.3 Å². The van der Waals surface area contributed by atoms with Crippen LogP contribution in [-0.2, 0) is 30.3 Å². The van der Waals surface area contributed by atoms with Crippen LogP contribution in [0.2, 0.25) is 5.28 Å². The highest BCUT2D eigenvalue weighted by Crippen LogP contribution is 2.36. The Kier molecular flexibility index (Phi) is 7.77. The molecule has 38 heavy (non-hydrogen) atoms. The van der Waals surface area contributed by atoms with Crippen molar-refractivity contribution >= 4 is 46.5 Å². The molecule has 4 N–H and O–H groups in total. The topological polar surface area (TPSA) is 186 Å². The monoisotopic (exact) mass is 543 g/mol. The number of nitrogens with one attached hydrogen (secondary N) is 1. The third kappa shape index (κ3) is 5.37. The molecule has 3 heterocycles. The summed E-state index contributed by atoms with van der Waals surface area (Å²) >= 11 is 6.03. The summed E-state index contributed by atoms with van der Waals surface area (Å²) < 4.78 is 13.1. The van der Waals surface area contributed by atoms with Crippen LogP contribution in [-0.4, -0.2) is 77.6 Å². The summed E-state index contributed by atoms with van der Waals surface area (Å²) in [5.41, 5.74) is -1.61. The lowest BCUT2D eigenvalue weighted by molar-refractivity contribution is -0.188. The molecule has 13 nitrogen and oxygen atoms in total. The fourth-order valence-corrected chi connectivity index (χ4v) is 4.30. The van der Waals surface area contributed by atoms with E-state index in [-0.39, 0.29) is 28.7 Å². The van der Waals surface area contributed by atoms with E-state index in [4.69, 9.17) is 32.6 Å². The minimum atomic E-state index is -2.56. The second-order valence-corrected chi connectivity index (χ2v) is 8.80. The summed E-state index contributed by atoms with van der Waals surface area (Å²) in [5.74, 6) is -2.29. The smallest absolute Gasteiger partial charge is 0.348 e. The fraction of sp³-hybridized carbons (Fsp3) is 0.333. The normalized spacial score (nSPS) is 19.2. The Hall–Kier alpha value is -4.25. The number of rotatable bonds is 11. The number of benzene rings is 1. The molecule has 0 saturated carbocycles. The number of nitrogens with zero attached hydrogens (tertiary/aromatic N) is 4. The van der Waals surface area contributed by atoms with Crippen molar-refractivity contribution in [1.82, 2.24) is 19.5 Å². The van der Waals surface area contributed by atoms with E-state index in [2.05, 4.69) is 26.2 Å². The van der Waals surface area contributed by atoms with Crippen LogP contribution in [0.4, 0.5) is 5.82 Å². The number of terminal acetylenes is 1. The van der Waals surface area contributed by atoms with Crippen molar-refractivity contribution in [2.45, 2.75) is 30.8 Å². The predicted molar refractivity (Wildman–Crippen MR) is 131 cm³/mol. The average Bonchev–Trinajstić information content (AvgIpc) is 3.49. The lowest BCUT2D eigenvalue weighted by Crippen LogP contribution is -2.52. The first-order valence-electron chi connectivity index (χ1n) is 11.3. The number of hydrogen-bond donors (Lipinski definition) is 4. The standard InChI is InChI=1S/C24H22ClN5O8/c1-2-14-8-16(30-12-27-18-19(26-10-17(31)32)28-23(25)29-20(18)30)38-15(14)11-37-24(21(33)34,22(35)36)9-13-6-4-3-5-7-13/h1,3-7,12,14-16H,8-11H2,(H,31,32)(H,33,34)(H,35,36)(H,26,28,29). The van der Waals surface area contributed by atoms with E-state index in [1.165, 1.54) is 10.9 Å². The lowest BCUT2D eigenvalue weighted by Gasteiger charge is -2.27. The van der Waals surface area contributed by atoms with Gasteiger partial charge in [0.05, 0.1) is 25.0 Å². The molecule has 1 saturated heterocycles. The summed E-state index contributed by atoms with van der Waals surface area (Å²) in [6.07, 6.45) is 5.35. The molecule has 14 heteroatoms. The molecule has 0 radical (unpaired) electrons. The summed E-state index contributed by atoms with van der Waals surface area (Å²) in [6, 6.07) is 8.26. The molecule has 1 fully saturated rings. The van der Waals surface area contributed by atoms with Gasteiger partial charge in [0, 0.05) is 12.8 Å². The predicted octanol–water partition coefficient (Wildman–Crippen LogP) is 1.68. The van der Waals surface area contributed by atoms with Gasteiger partial charge >= 0.3 is 17.9 Å². The molecule has 3 aromatic rings. The van der Waals surface area contributed by atoms with Gasteiger partial charge in [0.2, 0.25) is 5.28 Å². The number of anilines is 1. The summed E-state index contributed by atoms with van der Waals surface area (Å²) in [6.45, 7) is -0.837. The van der Waals surface area contributed by atoms with Crippen LogP contribution in [0.5, 0.6) is 0 Å². The van der Waals surface area contributed by atoms with Crippen molar-refractivity contribution in [3.8, 4) is 12.3 Å². The van der Waals surface area contributed by atoms with Crippen molar-refractivity contribution in [2.75, 3.05) is 18.5 Å². The molecule has 198 valence electrons. The Morgan fingerprint density at radius 2 is 1.92 bits per heavy atom. The highest BCUT2D eigenvalue weighted by Gasteiger charge is 2.50. The summed E-state index contributed by atoms with van der Waals surface area (Å²) in [4.78, 5) is 47.6. The minimum Gasteiger partial charge on any atom is -0.480 e. The molecule has 1 aromatic carbocycles. The number of aromatic nitrogens is 4. The van der Waals surface area contributed by atoms with Crippen molar-refractivity contribution < 1.29 is 39.2 Å². The minimum absolute atomic E-state index is 0.112. The fourth-order valence-electron chi connectivity index (χ4n) is 4.14. The number of halogens is 1. The van der Waals surface area contributed by atoms with Gasteiger partial charge in [0.15, 0.2) is 17.0 Å². The van der Waals surface area contributed by atoms with Gasteiger partial charge in [0.25, 0.3) is 5.60 Å². The molecule has 4 rings (SSSR count). The first-order chi connectivity index (χ1) is 18.1. The Balaban J connectivity index is 1.56. The number of hydrogen-bond acceptors (Lipinski definition) is 9.